The summed E-state index contributed by atoms with van der Waals surface area (Å²) in [5, 5.41) is 0. The van der Waals surface area contributed by atoms with Crippen molar-refractivity contribution in [2.45, 2.75) is 6.43 Å². The van der Waals surface area contributed by atoms with E-state index in [1.165, 1.54) is 6.07 Å². The Kier molecular flexibility index (Phi) is 2.05. The Morgan fingerprint density at radius 2 is 2.22 bits per heavy atom. The number of nitrogens with one attached hydrogen (secondary N) is 1. The second-order valence-electron chi connectivity index (χ2n) is 1.57. The van der Waals surface area contributed by atoms with Crippen molar-refractivity contribution in [2.24, 2.45) is 0 Å². The molecule has 1 N–H and O–H groups in total. The molecule has 0 bridgehead atoms. The van der Waals surface area contributed by atoms with E-state index < -0.39 is 6.43 Å². The minimum atomic E-state index is -2.38. The third-order valence-corrected chi connectivity index (χ3v) is 1.53. The van der Waals surface area contributed by atoms with Crippen molar-refractivity contribution in [1.29, 1.82) is 0 Å². The predicted octanol–water partition coefficient (Wildman–Crippen LogP) is 2.56. The molecule has 1 nitrogen and oxygen atoms in total. The van der Waals surface area contributed by atoms with Gasteiger partial charge in [-0.15, -0.1) is 0 Å². The van der Waals surface area contributed by atoms with Crippen molar-refractivity contribution < 1.29 is 8.78 Å². The molecule has 4 heteroatoms. The van der Waals surface area contributed by atoms with Crippen LogP contribution in [0.1, 0.15) is 12.1 Å². The van der Waals surface area contributed by atoms with Gasteiger partial charge in [0.25, 0.3) is 6.43 Å². The zero-order valence-electron chi connectivity index (χ0n) is 4.37. The van der Waals surface area contributed by atoms with Gasteiger partial charge in [-0.1, -0.05) is 0 Å². The maximum absolute atomic E-state index is 11.7. The molecule has 0 atom stereocenters. The van der Waals surface area contributed by atoms with Crippen LogP contribution in [0.5, 0.6) is 0 Å². The standard InChI is InChI=1S/C5H4F2IN/c6-5(7)4-1-3(8)2-9-4/h1-2,5,9H. The van der Waals surface area contributed by atoms with Crippen molar-refractivity contribution in [2.75, 3.05) is 0 Å². The van der Waals surface area contributed by atoms with Crippen LogP contribution in [-0.2, 0) is 0 Å². The first-order chi connectivity index (χ1) is 4.20. The van der Waals surface area contributed by atoms with Gasteiger partial charge in [-0.25, -0.2) is 8.78 Å². The van der Waals surface area contributed by atoms with Crippen molar-refractivity contribution >= 4 is 22.6 Å². The van der Waals surface area contributed by atoms with Gasteiger partial charge in [0.1, 0.15) is 0 Å². The molecule has 0 saturated heterocycles. The van der Waals surface area contributed by atoms with Gasteiger partial charge in [0.15, 0.2) is 0 Å². The zero-order valence-corrected chi connectivity index (χ0v) is 6.52. The molecule has 1 aromatic heterocycles. The number of rotatable bonds is 1. The maximum atomic E-state index is 11.7. The lowest BCUT2D eigenvalue weighted by molar-refractivity contribution is 0.147. The second kappa shape index (κ2) is 2.64. The molecular weight excluding hydrogens is 239 g/mol. The fourth-order valence-electron chi connectivity index (χ4n) is 0.510. The number of H-pyrrole nitrogens is 1. The molecule has 0 fully saturated rings. The van der Waals surface area contributed by atoms with E-state index in [9.17, 15) is 8.78 Å². The highest BCUT2D eigenvalue weighted by Crippen LogP contribution is 2.18. The largest absolute Gasteiger partial charge is 0.359 e. The van der Waals surface area contributed by atoms with Crippen LogP contribution in [0.2, 0.25) is 0 Å². The van der Waals surface area contributed by atoms with Crippen LogP contribution in [0.15, 0.2) is 12.3 Å². The highest BCUT2D eigenvalue weighted by molar-refractivity contribution is 14.1. The predicted molar refractivity (Wildman–Crippen MR) is 38.5 cm³/mol. The normalized spacial score (nSPS) is 10.7. The van der Waals surface area contributed by atoms with E-state index in [1.807, 2.05) is 22.6 Å². The molecular formula is C5H4F2IN. The first kappa shape index (κ1) is 6.98. The molecule has 0 aliphatic carbocycles. The maximum Gasteiger partial charge on any atom is 0.278 e. The minimum absolute atomic E-state index is 0.0144. The summed E-state index contributed by atoms with van der Waals surface area (Å²) in [5.41, 5.74) is -0.0144. The Morgan fingerprint density at radius 3 is 2.44 bits per heavy atom. The van der Waals surface area contributed by atoms with Gasteiger partial charge in [0.2, 0.25) is 0 Å². The van der Waals surface area contributed by atoms with Gasteiger partial charge in [0.05, 0.1) is 5.69 Å². The fourth-order valence-corrected chi connectivity index (χ4v) is 1.00. The molecule has 0 aliphatic rings. The van der Waals surface area contributed by atoms with Gasteiger partial charge in [-0.2, -0.15) is 0 Å². The van der Waals surface area contributed by atoms with Crippen LogP contribution in [0.3, 0.4) is 0 Å². The van der Waals surface area contributed by atoms with E-state index in [-0.39, 0.29) is 5.69 Å². The number of aromatic amines is 1. The van der Waals surface area contributed by atoms with Gasteiger partial charge in [-0.05, 0) is 28.7 Å². The number of hydrogen-bond acceptors (Lipinski definition) is 0. The second-order valence-corrected chi connectivity index (χ2v) is 2.82. The molecule has 0 radical (unpaired) electrons. The van der Waals surface area contributed by atoms with Gasteiger partial charge >= 0.3 is 0 Å². The van der Waals surface area contributed by atoms with Gasteiger partial charge < -0.3 is 4.98 Å². The van der Waals surface area contributed by atoms with Crippen LogP contribution >= 0.6 is 22.6 Å². The summed E-state index contributed by atoms with van der Waals surface area (Å²) >= 11 is 1.97. The highest BCUT2D eigenvalue weighted by atomic mass is 127. The highest BCUT2D eigenvalue weighted by Gasteiger charge is 2.07. The Hall–Kier alpha value is -0.130. The molecule has 0 aromatic carbocycles. The van der Waals surface area contributed by atoms with Crippen LogP contribution < -0.4 is 0 Å². The van der Waals surface area contributed by atoms with E-state index in [4.69, 9.17) is 0 Å². The SMILES string of the molecule is FC(F)c1cc(I)c[nH]1. The first-order valence-corrected chi connectivity index (χ1v) is 3.40. The summed E-state index contributed by atoms with van der Waals surface area (Å²) in [6.07, 6.45) is -0.837. The molecule has 0 unspecified atom stereocenters. The van der Waals surface area contributed by atoms with Crippen molar-refractivity contribution in [3.05, 3.63) is 21.5 Å². The Balaban J connectivity index is 2.85. The molecule has 0 aliphatic heterocycles. The zero-order chi connectivity index (χ0) is 6.85. The van der Waals surface area contributed by atoms with Crippen LogP contribution in [0, 0.1) is 3.57 Å². The number of hydrogen-bond donors (Lipinski definition) is 1. The lowest BCUT2D eigenvalue weighted by Crippen LogP contribution is -1.79. The number of alkyl halides is 2. The molecule has 9 heavy (non-hydrogen) atoms. The van der Waals surface area contributed by atoms with Gasteiger partial charge in [-0.3, -0.25) is 0 Å². The average Bonchev–Trinajstić information content (AvgIpc) is 2.14. The van der Waals surface area contributed by atoms with Crippen LogP contribution in [0.25, 0.3) is 0 Å². The molecule has 0 saturated carbocycles. The summed E-state index contributed by atoms with van der Waals surface area (Å²) in [4.78, 5) is 2.45. The monoisotopic (exact) mass is 243 g/mol. The van der Waals surface area contributed by atoms with E-state index in [2.05, 4.69) is 4.98 Å². The van der Waals surface area contributed by atoms with Crippen molar-refractivity contribution in [3.8, 4) is 0 Å². The van der Waals surface area contributed by atoms with Gasteiger partial charge in [0, 0.05) is 9.77 Å². The Labute approximate surface area is 64.6 Å². The molecule has 1 aromatic rings. The van der Waals surface area contributed by atoms with E-state index in [0.29, 0.717) is 0 Å². The van der Waals surface area contributed by atoms with E-state index in [1.54, 1.807) is 6.20 Å². The Morgan fingerprint density at radius 1 is 1.56 bits per heavy atom. The summed E-state index contributed by atoms with van der Waals surface area (Å²) in [6, 6.07) is 1.42. The summed E-state index contributed by atoms with van der Waals surface area (Å²) in [6.45, 7) is 0. The lowest BCUT2D eigenvalue weighted by atomic mass is 10.5. The van der Waals surface area contributed by atoms with E-state index >= 15 is 0 Å². The average molecular weight is 243 g/mol. The summed E-state index contributed by atoms with van der Waals surface area (Å²) in [7, 11) is 0. The number of halogens is 3. The minimum Gasteiger partial charge on any atom is -0.359 e. The quantitative estimate of drug-likeness (QED) is 0.729. The summed E-state index contributed by atoms with van der Waals surface area (Å²) < 4.78 is 24.3. The smallest absolute Gasteiger partial charge is 0.278 e. The molecule has 1 heterocycles. The van der Waals surface area contributed by atoms with Crippen LogP contribution in [-0.4, -0.2) is 4.98 Å². The lowest BCUT2D eigenvalue weighted by Gasteiger charge is -1.89. The number of aromatic nitrogens is 1. The molecule has 1 rings (SSSR count). The molecule has 0 spiro atoms. The topological polar surface area (TPSA) is 15.8 Å². The van der Waals surface area contributed by atoms with Crippen molar-refractivity contribution in [1.82, 2.24) is 4.98 Å². The van der Waals surface area contributed by atoms with Crippen molar-refractivity contribution in [3.63, 3.8) is 0 Å². The van der Waals surface area contributed by atoms with Crippen LogP contribution in [0.4, 0.5) is 8.78 Å². The molecule has 50 valence electrons. The molecule has 0 amide bonds. The first-order valence-electron chi connectivity index (χ1n) is 2.32. The Bertz CT molecular complexity index is 197. The fraction of sp³-hybridized carbons (Fsp3) is 0.200. The third-order valence-electron chi connectivity index (χ3n) is 0.905. The van der Waals surface area contributed by atoms with E-state index in [0.717, 1.165) is 3.57 Å². The third kappa shape index (κ3) is 1.64. The summed E-state index contributed by atoms with van der Waals surface area (Å²) in [5.74, 6) is 0.